The molecular weight excluding hydrogens is 474 g/mol. The number of nitrogens with one attached hydrogen (secondary N) is 2. The molecule has 2 N–H and O–H groups in total. The number of carbonyl (C=O) groups is 3. The molecule has 2 amide bonds. The largest absolute Gasteiger partial charge is 0.325 e. The van der Waals surface area contributed by atoms with E-state index in [0.29, 0.717) is 39.6 Å². The van der Waals surface area contributed by atoms with Gasteiger partial charge in [-0.2, -0.15) is 0 Å². The van der Waals surface area contributed by atoms with E-state index in [9.17, 15) is 14.4 Å². The molecule has 180 valence electrons. The van der Waals surface area contributed by atoms with E-state index in [1.165, 1.54) is 0 Å². The molecule has 2 spiro atoms. The van der Waals surface area contributed by atoms with Crippen molar-refractivity contribution in [3.63, 3.8) is 0 Å². The third kappa shape index (κ3) is 2.39. The number of hydrogen-bond acceptors (Lipinski definition) is 4. The predicted octanol–water partition coefficient (Wildman–Crippen LogP) is 4.66. The Morgan fingerprint density at radius 3 is 2.47 bits per heavy atom. The van der Waals surface area contributed by atoms with Gasteiger partial charge in [0, 0.05) is 33.6 Å². The predicted molar refractivity (Wildman–Crippen MR) is 137 cm³/mol. The number of fused-ring (bicyclic) bond motifs is 7. The molecule has 3 aromatic rings. The number of para-hydroxylation sites is 1. The van der Waals surface area contributed by atoms with Crippen LogP contribution in [0.1, 0.15) is 39.9 Å². The molecule has 7 rings (SSSR count). The van der Waals surface area contributed by atoms with Gasteiger partial charge in [0.2, 0.25) is 5.91 Å². The third-order valence-corrected chi connectivity index (χ3v) is 8.91. The van der Waals surface area contributed by atoms with E-state index >= 15 is 0 Å². The number of nitrogens with zero attached hydrogens (tertiary/aromatic N) is 1. The minimum Gasteiger partial charge on any atom is -0.325 e. The number of halogens is 1. The first kappa shape index (κ1) is 21.8. The highest BCUT2D eigenvalue weighted by Gasteiger charge is 2.81. The molecule has 7 heteroatoms. The average Bonchev–Trinajstić information content (AvgIpc) is 3.58. The van der Waals surface area contributed by atoms with E-state index in [0.717, 1.165) is 18.4 Å². The van der Waals surface area contributed by atoms with Gasteiger partial charge in [-0.05, 0) is 56.1 Å². The summed E-state index contributed by atoms with van der Waals surface area (Å²) >= 11 is 6.49. The topological polar surface area (TPSA) is 78.5 Å². The van der Waals surface area contributed by atoms with Crippen LogP contribution in [0.5, 0.6) is 0 Å². The number of amides is 2. The minimum absolute atomic E-state index is 0.112. The van der Waals surface area contributed by atoms with Crippen LogP contribution in [0, 0.1) is 12.8 Å². The molecule has 0 radical (unpaired) electrons. The SMILES string of the molecule is Cc1ccc(C(=O)[C@H]2[C@H]3CCCN3[C@]3(C(=O)Nc4ccc(Cl)cc43)[C@]23C(=O)Nc2ccccc23)cc1. The van der Waals surface area contributed by atoms with Crippen molar-refractivity contribution in [2.45, 2.75) is 36.8 Å². The van der Waals surface area contributed by atoms with Crippen LogP contribution in [0.3, 0.4) is 0 Å². The Bertz CT molecular complexity index is 1490. The molecule has 4 atom stereocenters. The Hall–Kier alpha value is -3.48. The molecule has 0 bridgehead atoms. The number of ketones is 1. The van der Waals surface area contributed by atoms with Crippen molar-refractivity contribution >= 4 is 40.6 Å². The highest BCUT2D eigenvalue weighted by atomic mass is 35.5. The molecule has 3 aromatic carbocycles. The van der Waals surface area contributed by atoms with Gasteiger partial charge in [0.1, 0.15) is 11.0 Å². The van der Waals surface area contributed by atoms with Crippen LogP contribution in [0.2, 0.25) is 5.02 Å². The van der Waals surface area contributed by atoms with Crippen LogP contribution in [0.25, 0.3) is 0 Å². The lowest BCUT2D eigenvalue weighted by Gasteiger charge is -2.43. The fraction of sp³-hybridized carbons (Fsp3) is 0.276. The molecule has 0 aliphatic carbocycles. The lowest BCUT2D eigenvalue weighted by Crippen LogP contribution is -2.62. The number of anilines is 2. The van der Waals surface area contributed by atoms with Crippen molar-refractivity contribution in [3.8, 4) is 0 Å². The van der Waals surface area contributed by atoms with Gasteiger partial charge in [0.25, 0.3) is 5.91 Å². The normalized spacial score (nSPS) is 29.8. The van der Waals surface area contributed by atoms with Gasteiger partial charge in [-0.15, -0.1) is 0 Å². The Kier molecular flexibility index (Phi) is 4.40. The lowest BCUT2D eigenvalue weighted by atomic mass is 9.57. The maximum Gasteiger partial charge on any atom is 0.251 e. The summed E-state index contributed by atoms with van der Waals surface area (Å²) < 4.78 is 0. The second-order valence-electron chi connectivity index (χ2n) is 10.3. The van der Waals surface area contributed by atoms with Gasteiger partial charge in [-0.3, -0.25) is 19.3 Å². The Morgan fingerprint density at radius 2 is 1.67 bits per heavy atom. The van der Waals surface area contributed by atoms with Gasteiger partial charge >= 0.3 is 0 Å². The highest BCUT2D eigenvalue weighted by Crippen LogP contribution is 2.67. The Labute approximate surface area is 213 Å². The van der Waals surface area contributed by atoms with Gasteiger partial charge in [0.05, 0.1) is 5.92 Å². The van der Waals surface area contributed by atoms with Gasteiger partial charge < -0.3 is 10.6 Å². The number of hydrogen-bond donors (Lipinski definition) is 2. The molecule has 0 saturated carbocycles. The zero-order chi connectivity index (χ0) is 24.8. The van der Waals surface area contributed by atoms with Crippen molar-refractivity contribution < 1.29 is 14.4 Å². The molecule has 6 nitrogen and oxygen atoms in total. The van der Waals surface area contributed by atoms with Crippen molar-refractivity contribution in [2.75, 3.05) is 17.2 Å². The monoisotopic (exact) mass is 497 g/mol. The zero-order valence-corrected chi connectivity index (χ0v) is 20.4. The van der Waals surface area contributed by atoms with Crippen LogP contribution in [0.4, 0.5) is 11.4 Å². The highest BCUT2D eigenvalue weighted by molar-refractivity contribution is 6.31. The first-order chi connectivity index (χ1) is 17.4. The summed E-state index contributed by atoms with van der Waals surface area (Å²) in [7, 11) is 0. The molecule has 4 heterocycles. The summed E-state index contributed by atoms with van der Waals surface area (Å²) in [4.78, 5) is 45.3. The fourth-order valence-electron chi connectivity index (χ4n) is 7.45. The smallest absolute Gasteiger partial charge is 0.251 e. The lowest BCUT2D eigenvalue weighted by molar-refractivity contribution is -0.137. The average molecular weight is 498 g/mol. The summed E-state index contributed by atoms with van der Waals surface area (Å²) in [5.41, 5.74) is 1.40. The van der Waals surface area contributed by atoms with E-state index in [1.807, 2.05) is 55.5 Å². The quantitative estimate of drug-likeness (QED) is 0.505. The summed E-state index contributed by atoms with van der Waals surface area (Å²) in [5.74, 6) is -1.45. The second-order valence-corrected chi connectivity index (χ2v) is 10.7. The Balaban J connectivity index is 1.59. The van der Waals surface area contributed by atoms with Gasteiger partial charge in [-0.25, -0.2) is 0 Å². The summed E-state index contributed by atoms with van der Waals surface area (Å²) in [6.07, 6.45) is 1.57. The summed E-state index contributed by atoms with van der Waals surface area (Å²) in [5, 5.41) is 6.58. The van der Waals surface area contributed by atoms with Crippen LogP contribution in [0.15, 0.2) is 66.7 Å². The maximum atomic E-state index is 14.5. The third-order valence-electron chi connectivity index (χ3n) is 8.68. The van der Waals surface area contributed by atoms with Crippen LogP contribution in [-0.2, 0) is 20.5 Å². The van der Waals surface area contributed by atoms with Crippen LogP contribution in [-0.4, -0.2) is 35.1 Å². The van der Waals surface area contributed by atoms with Gasteiger partial charge in [0.15, 0.2) is 5.78 Å². The molecule has 4 aliphatic heterocycles. The number of carbonyl (C=O) groups excluding carboxylic acids is 3. The minimum atomic E-state index is -1.45. The van der Waals surface area contributed by atoms with Gasteiger partial charge in [-0.1, -0.05) is 59.6 Å². The van der Waals surface area contributed by atoms with E-state index in [4.69, 9.17) is 11.6 Å². The van der Waals surface area contributed by atoms with E-state index in [1.54, 1.807) is 18.2 Å². The summed E-state index contributed by atoms with van der Waals surface area (Å²) in [6, 6.07) is 20.0. The molecule has 4 aliphatic rings. The molecule has 0 unspecified atom stereocenters. The second kappa shape index (κ2) is 7.28. The number of aryl methyl sites for hydroxylation is 1. The van der Waals surface area contributed by atoms with Crippen molar-refractivity contribution in [1.82, 2.24) is 4.90 Å². The number of benzene rings is 3. The van der Waals surface area contributed by atoms with Crippen LogP contribution < -0.4 is 10.6 Å². The number of rotatable bonds is 2. The van der Waals surface area contributed by atoms with E-state index in [-0.39, 0.29) is 23.6 Å². The molecule has 36 heavy (non-hydrogen) atoms. The Morgan fingerprint density at radius 1 is 0.944 bits per heavy atom. The molecule has 2 fully saturated rings. The standard InChI is InChI=1S/C29H24ClN3O3/c1-16-8-10-17(11-9-16)25(34)24-23-7-4-14-33(23)29(20-15-18(30)12-13-22(20)32-27(29)36)28(24)19-5-2-3-6-21(19)31-26(28)35/h2-3,5-6,8-13,15,23-24H,4,7,14H2,1H3,(H,31,35)(H,32,36)/t23-,24-,28+,29-/m1/s1. The fourth-order valence-corrected chi connectivity index (χ4v) is 7.62. The molecule has 2 saturated heterocycles. The first-order valence-corrected chi connectivity index (χ1v) is 12.7. The van der Waals surface area contributed by atoms with E-state index < -0.39 is 16.9 Å². The van der Waals surface area contributed by atoms with Crippen molar-refractivity contribution in [2.24, 2.45) is 5.92 Å². The molecule has 0 aromatic heterocycles. The van der Waals surface area contributed by atoms with Crippen molar-refractivity contribution in [3.05, 3.63) is 94.0 Å². The maximum absolute atomic E-state index is 14.5. The van der Waals surface area contributed by atoms with E-state index in [2.05, 4.69) is 15.5 Å². The first-order valence-electron chi connectivity index (χ1n) is 12.3. The van der Waals surface area contributed by atoms with Crippen LogP contribution >= 0.6 is 11.6 Å². The summed E-state index contributed by atoms with van der Waals surface area (Å²) in [6.45, 7) is 2.59. The zero-order valence-electron chi connectivity index (χ0n) is 19.7. The molecular formula is C29H24ClN3O3. The number of Topliss-reactive ketones (excluding diaryl/α,β-unsaturated/α-hetero) is 1. The van der Waals surface area contributed by atoms with Crippen molar-refractivity contribution in [1.29, 1.82) is 0 Å².